The van der Waals surface area contributed by atoms with Gasteiger partial charge in [0.1, 0.15) is 5.82 Å². The molecule has 1 N–H and O–H groups in total. The third kappa shape index (κ3) is 4.53. The van der Waals surface area contributed by atoms with Crippen LogP contribution in [0.5, 0.6) is 0 Å². The molecule has 0 spiro atoms. The largest absolute Gasteiger partial charge is 0.350 e. The third-order valence-electron chi connectivity index (χ3n) is 3.16. The van der Waals surface area contributed by atoms with Crippen molar-refractivity contribution in [3.63, 3.8) is 0 Å². The number of para-hydroxylation sites is 1. The van der Waals surface area contributed by atoms with E-state index < -0.39 is 15.8 Å². The number of anilines is 1. The van der Waals surface area contributed by atoms with Crippen LogP contribution in [0.4, 0.5) is 10.1 Å². The summed E-state index contributed by atoms with van der Waals surface area (Å²) in [5.74, 6) is -0.945. The van der Waals surface area contributed by atoms with E-state index in [-0.39, 0.29) is 24.7 Å². The van der Waals surface area contributed by atoms with Gasteiger partial charge in [-0.25, -0.2) is 12.8 Å². The standard InChI is InChI=1S/C16H17FN2O3S/c1-23(21,22)19(15-10-6-5-9-14(15)17)12-11-18-16(20)13-7-3-2-4-8-13/h2-10H,11-12H2,1H3,(H,18,20). The van der Waals surface area contributed by atoms with Crippen molar-refractivity contribution >= 4 is 21.6 Å². The second-order valence-electron chi connectivity index (χ2n) is 4.91. The third-order valence-corrected chi connectivity index (χ3v) is 4.34. The Kier molecular flexibility index (Phi) is 5.33. The van der Waals surface area contributed by atoms with E-state index >= 15 is 0 Å². The first-order valence-corrected chi connectivity index (χ1v) is 8.80. The lowest BCUT2D eigenvalue weighted by atomic mass is 10.2. The Balaban J connectivity index is 2.06. The van der Waals surface area contributed by atoms with Crippen LogP contribution >= 0.6 is 0 Å². The van der Waals surface area contributed by atoms with E-state index in [0.717, 1.165) is 10.6 Å². The fraction of sp³-hybridized carbons (Fsp3) is 0.188. The van der Waals surface area contributed by atoms with E-state index in [2.05, 4.69) is 5.32 Å². The van der Waals surface area contributed by atoms with Crippen LogP contribution in [0.15, 0.2) is 54.6 Å². The molecule has 5 nitrogen and oxygen atoms in total. The molecule has 0 aliphatic heterocycles. The predicted molar refractivity (Wildman–Crippen MR) is 87.4 cm³/mol. The van der Waals surface area contributed by atoms with Crippen LogP contribution < -0.4 is 9.62 Å². The number of nitrogens with one attached hydrogen (secondary N) is 1. The minimum absolute atomic E-state index is 0.0380. The van der Waals surface area contributed by atoms with Gasteiger partial charge in [0.05, 0.1) is 18.5 Å². The smallest absolute Gasteiger partial charge is 0.251 e. The fourth-order valence-electron chi connectivity index (χ4n) is 2.08. The Morgan fingerprint density at radius 2 is 1.70 bits per heavy atom. The quantitative estimate of drug-likeness (QED) is 0.878. The number of hydrogen-bond acceptors (Lipinski definition) is 3. The summed E-state index contributed by atoms with van der Waals surface area (Å²) in [4.78, 5) is 11.9. The van der Waals surface area contributed by atoms with Gasteiger partial charge >= 0.3 is 0 Å². The molecule has 0 bridgehead atoms. The average Bonchev–Trinajstić information content (AvgIpc) is 2.52. The number of amides is 1. The van der Waals surface area contributed by atoms with E-state index in [1.807, 2.05) is 0 Å². The summed E-state index contributed by atoms with van der Waals surface area (Å²) in [5, 5.41) is 2.62. The number of nitrogens with zero attached hydrogens (tertiary/aromatic N) is 1. The van der Waals surface area contributed by atoms with E-state index in [0.29, 0.717) is 5.56 Å². The van der Waals surface area contributed by atoms with Gasteiger partial charge in [-0.1, -0.05) is 30.3 Å². The van der Waals surface area contributed by atoms with Crippen molar-refractivity contribution in [2.45, 2.75) is 0 Å². The zero-order valence-electron chi connectivity index (χ0n) is 12.6. The summed E-state index contributed by atoms with van der Waals surface area (Å²) >= 11 is 0. The molecular weight excluding hydrogens is 319 g/mol. The number of carbonyl (C=O) groups excluding carboxylic acids is 1. The molecule has 122 valence electrons. The Bertz CT molecular complexity index is 779. The van der Waals surface area contributed by atoms with Crippen LogP contribution in [0, 0.1) is 5.82 Å². The van der Waals surface area contributed by atoms with Gasteiger partial charge < -0.3 is 5.32 Å². The lowest BCUT2D eigenvalue weighted by Gasteiger charge is -2.23. The lowest BCUT2D eigenvalue weighted by molar-refractivity contribution is 0.0955. The van der Waals surface area contributed by atoms with Gasteiger partial charge in [-0.2, -0.15) is 0 Å². The number of carbonyl (C=O) groups is 1. The SMILES string of the molecule is CS(=O)(=O)N(CCNC(=O)c1ccccc1)c1ccccc1F. The molecule has 0 aliphatic carbocycles. The van der Waals surface area contributed by atoms with Gasteiger partial charge in [0, 0.05) is 12.1 Å². The van der Waals surface area contributed by atoms with E-state index in [4.69, 9.17) is 0 Å². The monoisotopic (exact) mass is 336 g/mol. The zero-order valence-corrected chi connectivity index (χ0v) is 13.4. The molecule has 2 aromatic carbocycles. The highest BCUT2D eigenvalue weighted by Crippen LogP contribution is 2.20. The van der Waals surface area contributed by atoms with E-state index in [1.54, 1.807) is 36.4 Å². The van der Waals surface area contributed by atoms with Crippen LogP contribution in [0.2, 0.25) is 0 Å². The molecule has 1 amide bonds. The highest BCUT2D eigenvalue weighted by atomic mass is 32.2. The molecule has 0 unspecified atom stereocenters. The maximum absolute atomic E-state index is 13.8. The van der Waals surface area contributed by atoms with Crippen molar-refractivity contribution in [3.05, 3.63) is 66.0 Å². The Hall–Kier alpha value is -2.41. The van der Waals surface area contributed by atoms with Crippen LogP contribution in [0.1, 0.15) is 10.4 Å². The van der Waals surface area contributed by atoms with Crippen molar-refractivity contribution in [3.8, 4) is 0 Å². The average molecular weight is 336 g/mol. The Morgan fingerprint density at radius 1 is 1.09 bits per heavy atom. The first kappa shape index (κ1) is 17.0. The Morgan fingerprint density at radius 3 is 2.30 bits per heavy atom. The molecule has 0 radical (unpaired) electrons. The molecule has 0 saturated heterocycles. The highest BCUT2D eigenvalue weighted by molar-refractivity contribution is 7.92. The van der Waals surface area contributed by atoms with Gasteiger partial charge in [0.15, 0.2) is 0 Å². The molecule has 2 rings (SSSR count). The molecule has 0 saturated carbocycles. The highest BCUT2D eigenvalue weighted by Gasteiger charge is 2.20. The fourth-order valence-corrected chi connectivity index (χ4v) is 3.01. The maximum atomic E-state index is 13.8. The summed E-state index contributed by atoms with van der Waals surface area (Å²) in [6.45, 7) is 0.00741. The van der Waals surface area contributed by atoms with Gasteiger partial charge in [-0.05, 0) is 24.3 Å². The summed E-state index contributed by atoms with van der Waals surface area (Å²) in [7, 11) is -3.66. The summed E-state index contributed by atoms with van der Waals surface area (Å²) in [5.41, 5.74) is 0.438. The summed E-state index contributed by atoms with van der Waals surface area (Å²) < 4.78 is 38.5. The zero-order chi connectivity index (χ0) is 16.9. The minimum atomic E-state index is -3.66. The predicted octanol–water partition coefficient (Wildman–Crippen LogP) is 2.02. The molecular formula is C16H17FN2O3S. The van der Waals surface area contributed by atoms with Crippen molar-refractivity contribution in [1.82, 2.24) is 5.32 Å². The normalized spacial score (nSPS) is 11.0. The van der Waals surface area contributed by atoms with Crippen molar-refractivity contribution < 1.29 is 17.6 Å². The van der Waals surface area contributed by atoms with Crippen LogP contribution in [0.3, 0.4) is 0 Å². The molecule has 0 atom stereocenters. The van der Waals surface area contributed by atoms with E-state index in [1.165, 1.54) is 18.2 Å². The summed E-state index contributed by atoms with van der Waals surface area (Å²) in [6, 6.07) is 14.2. The molecule has 2 aromatic rings. The van der Waals surface area contributed by atoms with Crippen molar-refractivity contribution in [2.24, 2.45) is 0 Å². The van der Waals surface area contributed by atoms with Crippen LogP contribution in [0.25, 0.3) is 0 Å². The molecule has 0 aliphatic rings. The molecule has 0 heterocycles. The van der Waals surface area contributed by atoms with Crippen LogP contribution in [-0.4, -0.2) is 33.7 Å². The van der Waals surface area contributed by atoms with Crippen molar-refractivity contribution in [1.29, 1.82) is 0 Å². The minimum Gasteiger partial charge on any atom is -0.350 e. The summed E-state index contributed by atoms with van der Waals surface area (Å²) in [6.07, 6.45) is 0.998. The second kappa shape index (κ2) is 7.23. The van der Waals surface area contributed by atoms with E-state index in [9.17, 15) is 17.6 Å². The number of hydrogen-bond donors (Lipinski definition) is 1. The van der Waals surface area contributed by atoms with Gasteiger partial charge in [0.25, 0.3) is 5.91 Å². The lowest BCUT2D eigenvalue weighted by Crippen LogP contribution is -2.38. The molecule has 7 heteroatoms. The number of sulfonamides is 1. The molecule has 0 fully saturated rings. The number of benzene rings is 2. The number of halogens is 1. The van der Waals surface area contributed by atoms with Gasteiger partial charge in [-0.3, -0.25) is 9.10 Å². The number of rotatable bonds is 6. The van der Waals surface area contributed by atoms with Crippen LogP contribution in [-0.2, 0) is 10.0 Å². The van der Waals surface area contributed by atoms with Crippen molar-refractivity contribution in [2.75, 3.05) is 23.7 Å². The molecule has 23 heavy (non-hydrogen) atoms. The maximum Gasteiger partial charge on any atom is 0.251 e. The topological polar surface area (TPSA) is 66.5 Å². The second-order valence-corrected chi connectivity index (χ2v) is 6.82. The molecule has 0 aromatic heterocycles. The Labute approximate surface area is 134 Å². The van der Waals surface area contributed by atoms with Gasteiger partial charge in [0.2, 0.25) is 10.0 Å². The first-order chi connectivity index (χ1) is 10.9. The first-order valence-electron chi connectivity index (χ1n) is 6.95. The van der Waals surface area contributed by atoms with Gasteiger partial charge in [-0.15, -0.1) is 0 Å².